The van der Waals surface area contributed by atoms with E-state index in [9.17, 15) is 9.59 Å². The van der Waals surface area contributed by atoms with Gasteiger partial charge in [0.25, 0.3) is 5.91 Å². The minimum absolute atomic E-state index is 0.0848. The van der Waals surface area contributed by atoms with Crippen LogP contribution in [0.1, 0.15) is 12.0 Å². The summed E-state index contributed by atoms with van der Waals surface area (Å²) in [7, 11) is 4.89. The molecule has 0 unspecified atom stereocenters. The van der Waals surface area contributed by atoms with Crippen molar-refractivity contribution in [2.24, 2.45) is 0 Å². The molecule has 1 aliphatic heterocycles. The zero-order valence-electron chi connectivity index (χ0n) is 17.3. The van der Waals surface area contributed by atoms with Gasteiger partial charge in [-0.2, -0.15) is 0 Å². The summed E-state index contributed by atoms with van der Waals surface area (Å²) >= 11 is 5.45. The van der Waals surface area contributed by atoms with Crippen LogP contribution in [0, 0.1) is 0 Å². The number of nitrogens with zero attached hydrogens (tertiary/aromatic N) is 2. The highest BCUT2D eigenvalue weighted by Gasteiger charge is 2.43. The summed E-state index contributed by atoms with van der Waals surface area (Å²) in [5.41, 5.74) is 1.58. The maximum absolute atomic E-state index is 13.1. The molecule has 2 amide bonds. The lowest BCUT2D eigenvalue weighted by atomic mass is 10.1. The third kappa shape index (κ3) is 4.38. The van der Waals surface area contributed by atoms with Crippen LogP contribution in [-0.2, 0) is 16.0 Å². The predicted molar refractivity (Wildman–Crippen MR) is 119 cm³/mol. The van der Waals surface area contributed by atoms with Gasteiger partial charge < -0.3 is 19.7 Å². The van der Waals surface area contributed by atoms with Gasteiger partial charge in [0, 0.05) is 13.6 Å². The Labute approximate surface area is 181 Å². The van der Waals surface area contributed by atoms with Crippen molar-refractivity contribution in [1.29, 1.82) is 0 Å². The molecule has 1 N–H and O–H groups in total. The standard InChI is InChI=1S/C22H25N3O4S/c1-23-22(30)24(12-11-15-9-10-18(28-2)19(13-15)29-3)17-14-20(26)25(21(17)27)16-7-5-4-6-8-16/h4-10,13,17H,11-12,14H2,1-3H3,(H,23,30)/t17-/m1/s1. The van der Waals surface area contributed by atoms with Crippen LogP contribution in [-0.4, -0.2) is 55.7 Å². The summed E-state index contributed by atoms with van der Waals surface area (Å²) in [5.74, 6) is 0.793. The molecule has 1 heterocycles. The molecule has 0 saturated carbocycles. The fourth-order valence-corrected chi connectivity index (χ4v) is 3.75. The van der Waals surface area contributed by atoms with Crippen LogP contribution in [0.2, 0.25) is 0 Å². The maximum atomic E-state index is 13.1. The first-order chi connectivity index (χ1) is 14.5. The van der Waals surface area contributed by atoms with Crippen LogP contribution in [0.15, 0.2) is 48.5 Å². The van der Waals surface area contributed by atoms with Gasteiger partial charge in [-0.25, -0.2) is 4.90 Å². The topological polar surface area (TPSA) is 71.1 Å². The number of nitrogens with one attached hydrogen (secondary N) is 1. The van der Waals surface area contributed by atoms with Gasteiger partial charge in [-0.1, -0.05) is 24.3 Å². The van der Waals surface area contributed by atoms with Crippen LogP contribution in [0.3, 0.4) is 0 Å². The van der Waals surface area contributed by atoms with Gasteiger partial charge in [-0.15, -0.1) is 0 Å². The Kier molecular flexibility index (Phi) is 6.89. The first-order valence-electron chi connectivity index (χ1n) is 9.61. The molecule has 7 nitrogen and oxygen atoms in total. The number of thiocarbonyl (C=S) groups is 1. The predicted octanol–water partition coefficient (Wildman–Crippen LogP) is 2.38. The Hall–Kier alpha value is -3.13. The average Bonchev–Trinajstić information content (AvgIpc) is 3.07. The van der Waals surface area contributed by atoms with Crippen molar-refractivity contribution in [3.8, 4) is 11.5 Å². The fraction of sp³-hybridized carbons (Fsp3) is 0.318. The molecule has 0 aliphatic carbocycles. The van der Waals surface area contributed by atoms with Gasteiger partial charge in [-0.05, 0) is 48.5 Å². The highest BCUT2D eigenvalue weighted by Crippen LogP contribution is 2.29. The third-order valence-corrected chi connectivity index (χ3v) is 5.52. The van der Waals surface area contributed by atoms with Gasteiger partial charge in [0.2, 0.25) is 5.91 Å². The van der Waals surface area contributed by atoms with Crippen molar-refractivity contribution in [1.82, 2.24) is 10.2 Å². The van der Waals surface area contributed by atoms with Gasteiger partial charge in [0.15, 0.2) is 16.6 Å². The van der Waals surface area contributed by atoms with Gasteiger partial charge in [-0.3, -0.25) is 9.59 Å². The Morgan fingerprint density at radius 3 is 2.47 bits per heavy atom. The Bertz CT molecular complexity index is 935. The summed E-state index contributed by atoms with van der Waals surface area (Å²) in [4.78, 5) is 28.8. The van der Waals surface area contributed by atoms with Crippen LogP contribution >= 0.6 is 12.2 Å². The third-order valence-electron chi connectivity index (χ3n) is 5.08. The average molecular weight is 428 g/mol. The lowest BCUT2D eigenvalue weighted by Crippen LogP contribution is -2.49. The van der Waals surface area contributed by atoms with E-state index >= 15 is 0 Å². The van der Waals surface area contributed by atoms with Gasteiger partial charge >= 0.3 is 0 Å². The molecule has 3 rings (SSSR count). The fourth-order valence-electron chi connectivity index (χ4n) is 3.54. The molecule has 1 fully saturated rings. The lowest BCUT2D eigenvalue weighted by Gasteiger charge is -2.29. The van der Waals surface area contributed by atoms with Crippen molar-refractivity contribution in [3.05, 3.63) is 54.1 Å². The van der Waals surface area contributed by atoms with E-state index in [2.05, 4.69) is 5.32 Å². The zero-order chi connectivity index (χ0) is 21.7. The second kappa shape index (κ2) is 9.58. The van der Waals surface area contributed by atoms with E-state index in [4.69, 9.17) is 21.7 Å². The first kappa shape index (κ1) is 21.6. The summed E-state index contributed by atoms with van der Waals surface area (Å²) in [6, 6.07) is 14.0. The maximum Gasteiger partial charge on any atom is 0.257 e. The number of hydrogen-bond acceptors (Lipinski definition) is 5. The molecule has 1 atom stereocenters. The quantitative estimate of drug-likeness (QED) is 0.537. The highest BCUT2D eigenvalue weighted by molar-refractivity contribution is 7.80. The molecule has 30 heavy (non-hydrogen) atoms. The number of rotatable bonds is 7. The lowest BCUT2D eigenvalue weighted by molar-refractivity contribution is -0.122. The minimum Gasteiger partial charge on any atom is -0.493 e. The first-order valence-corrected chi connectivity index (χ1v) is 10.0. The van der Waals surface area contributed by atoms with Gasteiger partial charge in [0.1, 0.15) is 6.04 Å². The Morgan fingerprint density at radius 2 is 1.83 bits per heavy atom. The summed E-state index contributed by atoms with van der Waals surface area (Å²) in [6.07, 6.45) is 0.701. The van der Waals surface area contributed by atoms with Crippen molar-refractivity contribution in [3.63, 3.8) is 0 Å². The van der Waals surface area contributed by atoms with E-state index in [0.717, 1.165) is 5.56 Å². The van der Waals surface area contributed by atoms with Crippen LogP contribution in [0.25, 0.3) is 0 Å². The molecule has 1 saturated heterocycles. The molecular formula is C22H25N3O4S. The number of carbonyl (C=O) groups excluding carboxylic acids is 2. The number of amides is 2. The monoisotopic (exact) mass is 427 g/mol. The molecule has 1 aliphatic rings. The van der Waals surface area contributed by atoms with Crippen molar-refractivity contribution >= 4 is 34.8 Å². The van der Waals surface area contributed by atoms with E-state index in [1.54, 1.807) is 50.4 Å². The van der Waals surface area contributed by atoms with Crippen molar-refractivity contribution < 1.29 is 19.1 Å². The highest BCUT2D eigenvalue weighted by atomic mass is 32.1. The van der Waals surface area contributed by atoms with Crippen molar-refractivity contribution in [2.45, 2.75) is 18.9 Å². The molecule has 0 aromatic heterocycles. The van der Waals surface area contributed by atoms with Crippen molar-refractivity contribution in [2.75, 3.05) is 32.7 Å². The smallest absolute Gasteiger partial charge is 0.257 e. The number of carbonyl (C=O) groups is 2. The summed E-state index contributed by atoms with van der Waals surface area (Å²) < 4.78 is 10.6. The number of methoxy groups -OCH3 is 2. The molecular weight excluding hydrogens is 402 g/mol. The molecule has 8 heteroatoms. The number of ether oxygens (including phenoxy) is 2. The number of hydrogen-bond donors (Lipinski definition) is 1. The Morgan fingerprint density at radius 1 is 1.13 bits per heavy atom. The number of para-hydroxylation sites is 1. The second-order valence-corrected chi connectivity index (χ2v) is 7.20. The largest absolute Gasteiger partial charge is 0.493 e. The molecule has 0 bridgehead atoms. The number of benzene rings is 2. The van der Waals surface area contributed by atoms with E-state index < -0.39 is 6.04 Å². The molecule has 0 spiro atoms. The van der Waals surface area contributed by atoms with E-state index in [1.807, 2.05) is 24.3 Å². The zero-order valence-corrected chi connectivity index (χ0v) is 18.1. The summed E-state index contributed by atoms with van der Waals surface area (Å²) in [6.45, 7) is 0.474. The van der Waals surface area contributed by atoms with Crippen LogP contribution in [0.4, 0.5) is 5.69 Å². The number of imide groups is 1. The van der Waals surface area contributed by atoms with E-state index in [1.165, 1.54) is 4.90 Å². The molecule has 2 aromatic carbocycles. The van der Waals surface area contributed by atoms with Gasteiger partial charge in [0.05, 0.1) is 26.3 Å². The molecule has 158 valence electrons. The minimum atomic E-state index is -0.641. The second-order valence-electron chi connectivity index (χ2n) is 6.81. The normalized spacial score (nSPS) is 15.8. The van der Waals surface area contributed by atoms with E-state index in [0.29, 0.717) is 35.3 Å². The molecule has 2 aromatic rings. The molecule has 0 radical (unpaired) electrons. The SMILES string of the molecule is CNC(=S)N(CCc1ccc(OC)c(OC)c1)[C@@H]1CC(=O)N(c2ccccc2)C1=O. The van der Waals surface area contributed by atoms with E-state index in [-0.39, 0.29) is 18.2 Å². The van der Waals surface area contributed by atoms with Crippen LogP contribution < -0.4 is 19.7 Å². The van der Waals surface area contributed by atoms with Crippen LogP contribution in [0.5, 0.6) is 11.5 Å². The summed E-state index contributed by atoms with van der Waals surface area (Å²) in [5, 5.41) is 3.37. The Balaban J connectivity index is 1.79. The number of anilines is 1.